The number of carbonyl (C=O) groups excluding carboxylic acids is 3. The van der Waals surface area contributed by atoms with Crippen LogP contribution in [0.4, 0.5) is 13.2 Å². The number of nitrogens with zero attached hydrogens (tertiary/aromatic N) is 3. The van der Waals surface area contributed by atoms with Gasteiger partial charge in [0.2, 0.25) is 11.8 Å². The Hall–Kier alpha value is -3.68. The van der Waals surface area contributed by atoms with Crippen molar-refractivity contribution in [3.63, 3.8) is 0 Å². The summed E-state index contributed by atoms with van der Waals surface area (Å²) >= 11 is 1.34. The normalized spacial score (nSPS) is 23.6. The number of pyridine rings is 1. The molecule has 1 saturated heterocycles. The molecule has 3 heterocycles. The maximum Gasteiger partial charge on any atom is 0.471 e. The molecular formula is C26H26F3N5O4S. The second kappa shape index (κ2) is 10.1. The zero-order valence-corrected chi connectivity index (χ0v) is 22.3. The number of hydrogen-bond donors (Lipinski definition) is 2. The minimum Gasteiger partial charge on any atom is -0.379 e. The van der Waals surface area contributed by atoms with E-state index in [1.807, 2.05) is 13.8 Å². The second-order valence-electron chi connectivity index (χ2n) is 10.2. The standard InChI is InChI=1S/C26H26F3N5O4S/c1-6-13-11-39-17-9-31-8-14(18(13)17)16(7-30)32-22(35)21-19-15(25(19,3)4)10-34(21)23(36)20(12(2)38-5)33-24(37)26(27,28)29/h1,8-9,11-12,15-16,19-21H,10H2,2-5H3,(H,32,35)(H,33,37)/t12-,15+,16?,19+,20+,21+/m1/s1. The number of nitriles is 1. The number of hydrogen-bond acceptors (Lipinski definition) is 7. The van der Waals surface area contributed by atoms with Crippen LogP contribution in [0.5, 0.6) is 0 Å². The zero-order valence-electron chi connectivity index (χ0n) is 21.5. The fraction of sp³-hybridized carbons (Fsp3) is 0.500. The van der Waals surface area contributed by atoms with Gasteiger partial charge in [0.1, 0.15) is 18.1 Å². The van der Waals surface area contributed by atoms with Crippen molar-refractivity contribution in [2.75, 3.05) is 13.7 Å². The number of amides is 3. The Morgan fingerprint density at radius 2 is 2.00 bits per heavy atom. The average molecular weight is 562 g/mol. The van der Waals surface area contributed by atoms with Gasteiger partial charge in [-0.2, -0.15) is 18.4 Å². The molecule has 2 aromatic heterocycles. The molecule has 1 unspecified atom stereocenters. The van der Waals surface area contributed by atoms with Crippen molar-refractivity contribution in [1.82, 2.24) is 20.5 Å². The first-order chi connectivity index (χ1) is 18.3. The van der Waals surface area contributed by atoms with Gasteiger partial charge in [0.15, 0.2) is 0 Å². The molecule has 2 fully saturated rings. The molecule has 0 aromatic carbocycles. The first-order valence-corrected chi connectivity index (χ1v) is 12.9. The summed E-state index contributed by atoms with van der Waals surface area (Å²) in [5.74, 6) is -1.65. The number of nitrogens with one attached hydrogen (secondary N) is 2. The van der Waals surface area contributed by atoms with E-state index in [0.717, 1.165) is 4.70 Å². The van der Waals surface area contributed by atoms with Gasteiger partial charge in [0, 0.05) is 47.9 Å². The first-order valence-electron chi connectivity index (χ1n) is 12.0. The molecule has 1 aliphatic carbocycles. The van der Waals surface area contributed by atoms with E-state index in [0.29, 0.717) is 16.5 Å². The van der Waals surface area contributed by atoms with Crippen molar-refractivity contribution in [2.45, 2.75) is 51.2 Å². The molecule has 13 heteroatoms. The third kappa shape index (κ3) is 4.92. The van der Waals surface area contributed by atoms with Gasteiger partial charge in [-0.1, -0.05) is 19.8 Å². The van der Waals surface area contributed by atoms with Crippen molar-refractivity contribution < 1.29 is 32.3 Å². The van der Waals surface area contributed by atoms with E-state index < -0.39 is 48.1 Å². The van der Waals surface area contributed by atoms with Gasteiger partial charge in [-0.25, -0.2) is 0 Å². The van der Waals surface area contributed by atoms with Gasteiger partial charge >= 0.3 is 12.1 Å². The summed E-state index contributed by atoms with van der Waals surface area (Å²) in [4.78, 5) is 44.2. The van der Waals surface area contributed by atoms with Gasteiger partial charge < -0.3 is 20.3 Å². The highest BCUT2D eigenvalue weighted by Crippen LogP contribution is 2.65. The number of fused-ring (bicyclic) bond motifs is 2. The van der Waals surface area contributed by atoms with Crippen molar-refractivity contribution in [1.29, 1.82) is 5.26 Å². The van der Waals surface area contributed by atoms with Crippen LogP contribution >= 0.6 is 11.3 Å². The molecule has 1 aliphatic heterocycles. The van der Waals surface area contributed by atoms with Crippen molar-refractivity contribution >= 4 is 39.1 Å². The van der Waals surface area contributed by atoms with E-state index in [4.69, 9.17) is 11.2 Å². The lowest BCUT2D eigenvalue weighted by Gasteiger charge is -2.34. The highest BCUT2D eigenvalue weighted by molar-refractivity contribution is 7.17. The Morgan fingerprint density at radius 1 is 1.31 bits per heavy atom. The molecule has 1 saturated carbocycles. The summed E-state index contributed by atoms with van der Waals surface area (Å²) < 4.78 is 44.8. The largest absolute Gasteiger partial charge is 0.471 e. The van der Waals surface area contributed by atoms with Crippen molar-refractivity contribution in [3.8, 4) is 18.4 Å². The summed E-state index contributed by atoms with van der Waals surface area (Å²) in [5.41, 5.74) is 0.618. The maximum absolute atomic E-state index is 13.7. The van der Waals surface area contributed by atoms with Crippen LogP contribution < -0.4 is 10.6 Å². The number of alkyl halides is 3. The van der Waals surface area contributed by atoms with Crippen LogP contribution in [0.15, 0.2) is 17.8 Å². The molecule has 6 atom stereocenters. The topological polar surface area (TPSA) is 124 Å². The minimum absolute atomic E-state index is 0.0930. The number of likely N-dealkylation sites (tertiary alicyclic amines) is 1. The Bertz CT molecular complexity index is 1410. The highest BCUT2D eigenvalue weighted by atomic mass is 32.1. The van der Waals surface area contributed by atoms with Gasteiger partial charge in [0.25, 0.3) is 0 Å². The van der Waals surface area contributed by atoms with E-state index in [1.54, 1.807) is 16.9 Å². The van der Waals surface area contributed by atoms with E-state index in [-0.39, 0.29) is 23.8 Å². The number of rotatable bonds is 7. The fourth-order valence-corrected chi connectivity index (χ4v) is 6.38. The lowest BCUT2D eigenvalue weighted by atomic mass is 9.98. The predicted octanol–water partition coefficient (Wildman–Crippen LogP) is 2.52. The Morgan fingerprint density at radius 3 is 2.59 bits per heavy atom. The van der Waals surface area contributed by atoms with Crippen LogP contribution in [0.3, 0.4) is 0 Å². The van der Waals surface area contributed by atoms with Crippen LogP contribution in [0.2, 0.25) is 0 Å². The number of methoxy groups -OCH3 is 1. The SMILES string of the molecule is C#Cc1csc2cncc(C(C#N)NC(=O)[C@@H]3[C@@H]4[C@H](CN3C(=O)[C@@H](NC(=O)C(F)(F)F)[C@@H](C)OC)C4(C)C)c12. The van der Waals surface area contributed by atoms with Gasteiger partial charge in [-0.3, -0.25) is 19.4 Å². The first kappa shape index (κ1) is 28.3. The quantitative estimate of drug-likeness (QED) is 0.501. The average Bonchev–Trinajstić information content (AvgIpc) is 3.26. The number of piperidine rings is 1. The van der Waals surface area contributed by atoms with Crippen LogP contribution in [0.1, 0.15) is 37.9 Å². The summed E-state index contributed by atoms with van der Waals surface area (Å²) in [5, 5.41) is 16.7. The number of ether oxygens (including phenoxy) is 1. The minimum atomic E-state index is -5.22. The summed E-state index contributed by atoms with van der Waals surface area (Å²) in [6, 6.07) is -1.88. The summed E-state index contributed by atoms with van der Waals surface area (Å²) in [6.45, 7) is 5.31. The number of halogens is 3. The van der Waals surface area contributed by atoms with E-state index in [2.05, 4.69) is 22.3 Å². The predicted molar refractivity (Wildman–Crippen MR) is 135 cm³/mol. The molecule has 4 rings (SSSR count). The number of aromatic nitrogens is 1. The van der Waals surface area contributed by atoms with Gasteiger partial charge in [-0.15, -0.1) is 17.8 Å². The second-order valence-corrected chi connectivity index (χ2v) is 11.2. The molecule has 2 N–H and O–H groups in total. The molecule has 2 aromatic rings. The Kier molecular flexibility index (Phi) is 7.36. The summed E-state index contributed by atoms with van der Waals surface area (Å²) in [7, 11) is 1.19. The summed E-state index contributed by atoms with van der Waals surface area (Å²) in [6.07, 6.45) is 2.32. The zero-order chi connectivity index (χ0) is 28.9. The number of carbonyl (C=O) groups is 3. The lowest BCUT2D eigenvalue weighted by Crippen LogP contribution is -2.60. The van der Waals surface area contributed by atoms with E-state index in [1.165, 1.54) is 36.5 Å². The van der Waals surface area contributed by atoms with Crippen LogP contribution in [0, 0.1) is 40.9 Å². The third-order valence-electron chi connectivity index (χ3n) is 7.81. The monoisotopic (exact) mass is 561 g/mol. The van der Waals surface area contributed by atoms with Gasteiger partial charge in [0.05, 0.1) is 16.9 Å². The van der Waals surface area contributed by atoms with Gasteiger partial charge in [-0.05, 0) is 24.2 Å². The highest BCUT2D eigenvalue weighted by Gasteiger charge is 2.69. The molecule has 0 bridgehead atoms. The molecule has 206 valence electrons. The van der Waals surface area contributed by atoms with Crippen LogP contribution in [-0.2, 0) is 19.1 Å². The van der Waals surface area contributed by atoms with Crippen LogP contribution in [0.25, 0.3) is 10.1 Å². The maximum atomic E-state index is 13.7. The molecule has 2 aliphatic rings. The van der Waals surface area contributed by atoms with E-state index in [9.17, 15) is 32.8 Å². The smallest absolute Gasteiger partial charge is 0.379 e. The molecule has 0 spiro atoms. The lowest BCUT2D eigenvalue weighted by molar-refractivity contribution is -0.176. The van der Waals surface area contributed by atoms with Crippen molar-refractivity contribution in [2.24, 2.45) is 17.3 Å². The molecule has 39 heavy (non-hydrogen) atoms. The molecule has 9 nitrogen and oxygen atoms in total. The Balaban J connectivity index is 1.64. The Labute approximate surface area is 226 Å². The van der Waals surface area contributed by atoms with E-state index >= 15 is 0 Å². The van der Waals surface area contributed by atoms with Crippen LogP contribution in [-0.4, -0.2) is 65.6 Å². The number of terminal acetylenes is 1. The number of thiophene rings is 1. The molecular weight excluding hydrogens is 535 g/mol. The molecule has 3 amide bonds. The van der Waals surface area contributed by atoms with Crippen molar-refractivity contribution in [3.05, 3.63) is 28.9 Å². The third-order valence-corrected chi connectivity index (χ3v) is 8.72. The molecule has 0 radical (unpaired) electrons. The fourth-order valence-electron chi connectivity index (χ4n) is 5.48.